The van der Waals surface area contributed by atoms with Crippen LogP contribution < -0.4 is 10.2 Å². The number of fused-ring (bicyclic) bond motifs is 1. The molecule has 0 spiro atoms. The fourth-order valence-corrected chi connectivity index (χ4v) is 4.44. The van der Waals surface area contributed by atoms with E-state index in [2.05, 4.69) is 27.3 Å². The predicted octanol–water partition coefficient (Wildman–Crippen LogP) is 3.37. The van der Waals surface area contributed by atoms with Gasteiger partial charge in [-0.15, -0.1) is 11.3 Å². The van der Waals surface area contributed by atoms with Gasteiger partial charge < -0.3 is 10.2 Å². The van der Waals surface area contributed by atoms with Crippen molar-refractivity contribution in [3.05, 3.63) is 52.3 Å². The number of amides is 1. The largest absolute Gasteiger partial charge is 0.371 e. The quantitative estimate of drug-likeness (QED) is 0.718. The first-order chi connectivity index (χ1) is 13.5. The van der Waals surface area contributed by atoms with E-state index < -0.39 is 0 Å². The van der Waals surface area contributed by atoms with Crippen molar-refractivity contribution in [3.8, 4) is 0 Å². The summed E-state index contributed by atoms with van der Waals surface area (Å²) in [6.45, 7) is 6.07. The Morgan fingerprint density at radius 1 is 1.21 bits per heavy atom. The lowest BCUT2D eigenvalue weighted by molar-refractivity contribution is -0.119. The Hall–Kier alpha value is -2.67. The topological polar surface area (TPSA) is 66.7 Å². The summed E-state index contributed by atoms with van der Waals surface area (Å²) in [5.74, 6) is 0.248. The molecule has 146 valence electrons. The molecule has 1 aromatic carbocycles. The van der Waals surface area contributed by atoms with E-state index in [-0.39, 0.29) is 5.91 Å². The fourth-order valence-electron chi connectivity index (χ4n) is 3.59. The number of hydrogen-bond acceptors (Lipinski definition) is 5. The van der Waals surface area contributed by atoms with E-state index in [1.165, 1.54) is 0 Å². The van der Waals surface area contributed by atoms with Crippen molar-refractivity contribution >= 4 is 33.7 Å². The Kier molecular flexibility index (Phi) is 5.17. The summed E-state index contributed by atoms with van der Waals surface area (Å²) in [6.07, 6.45) is 3.95. The molecule has 0 aliphatic carbocycles. The van der Waals surface area contributed by atoms with Crippen molar-refractivity contribution in [1.82, 2.24) is 14.7 Å². The van der Waals surface area contributed by atoms with E-state index in [0.717, 1.165) is 46.3 Å². The highest BCUT2D eigenvalue weighted by Crippen LogP contribution is 2.22. The fraction of sp³-hybridized carbons (Fsp3) is 0.381. The number of imidazole rings is 1. The summed E-state index contributed by atoms with van der Waals surface area (Å²) in [5, 5.41) is 3.03. The van der Waals surface area contributed by atoms with Crippen LogP contribution in [0.15, 0.2) is 30.5 Å². The first kappa shape index (κ1) is 18.7. The maximum Gasteiger partial charge on any atom is 0.270 e. The lowest BCUT2D eigenvalue weighted by Crippen LogP contribution is -2.33. The Balaban J connectivity index is 1.43. The molecule has 1 amide bonds. The number of piperidine rings is 1. The number of Topliss-reactive ketones (excluding diaryl/α,β-unsaturated/α-hetero) is 1. The van der Waals surface area contributed by atoms with Crippen LogP contribution in [0.2, 0.25) is 0 Å². The number of ketones is 1. The van der Waals surface area contributed by atoms with Crippen molar-refractivity contribution in [2.24, 2.45) is 0 Å². The third-order valence-corrected chi connectivity index (χ3v) is 6.04. The lowest BCUT2D eigenvalue weighted by atomic mass is 10.1. The van der Waals surface area contributed by atoms with Gasteiger partial charge in [-0.1, -0.05) is 19.1 Å². The summed E-state index contributed by atoms with van der Waals surface area (Å²) < 4.78 is 1.90. The van der Waals surface area contributed by atoms with Crippen molar-refractivity contribution in [3.63, 3.8) is 0 Å². The maximum atomic E-state index is 12.8. The van der Waals surface area contributed by atoms with Crippen LogP contribution in [0.1, 0.15) is 46.4 Å². The zero-order valence-electron chi connectivity index (χ0n) is 16.2. The number of hydrogen-bond donors (Lipinski definition) is 1. The SMILES string of the molecule is CCc1nc2sc(C)cn2c1C(=O)NCc1ccc(N2CCC(=O)CC2)cc1. The number of aromatic nitrogens is 2. The number of benzene rings is 1. The minimum Gasteiger partial charge on any atom is -0.371 e. The van der Waals surface area contributed by atoms with E-state index in [9.17, 15) is 9.59 Å². The van der Waals surface area contributed by atoms with Gasteiger partial charge in [0.25, 0.3) is 5.91 Å². The maximum absolute atomic E-state index is 12.8. The average Bonchev–Trinajstić information content (AvgIpc) is 3.22. The molecule has 1 saturated heterocycles. The zero-order valence-corrected chi connectivity index (χ0v) is 17.0. The van der Waals surface area contributed by atoms with E-state index in [1.54, 1.807) is 11.3 Å². The number of aryl methyl sites for hydroxylation is 2. The number of rotatable bonds is 5. The van der Waals surface area contributed by atoms with Gasteiger partial charge in [0.05, 0.1) is 5.69 Å². The number of thiazole rings is 1. The molecule has 4 rings (SSSR count). The van der Waals surface area contributed by atoms with E-state index >= 15 is 0 Å². The molecule has 2 aromatic heterocycles. The number of carbonyl (C=O) groups is 2. The Morgan fingerprint density at radius 2 is 1.93 bits per heavy atom. The monoisotopic (exact) mass is 396 g/mol. The molecular formula is C21H24N4O2S. The second kappa shape index (κ2) is 7.75. The summed E-state index contributed by atoms with van der Waals surface area (Å²) in [6, 6.07) is 8.20. The van der Waals surface area contributed by atoms with Crippen molar-refractivity contribution in [2.45, 2.75) is 39.7 Å². The first-order valence-electron chi connectivity index (χ1n) is 9.66. The van der Waals surface area contributed by atoms with Gasteiger partial charge in [-0.25, -0.2) is 4.98 Å². The molecular weight excluding hydrogens is 372 g/mol. The minimum atomic E-state index is -0.0965. The van der Waals surface area contributed by atoms with Gasteiger partial charge in [0.15, 0.2) is 4.96 Å². The standard InChI is InChI=1S/C21H24N4O2S/c1-3-18-19(25-13-14(2)28-21(25)23-18)20(27)22-12-15-4-6-16(7-5-15)24-10-8-17(26)9-11-24/h4-7,13H,3,8-12H2,1-2H3,(H,22,27). The summed E-state index contributed by atoms with van der Waals surface area (Å²) in [7, 11) is 0. The second-order valence-electron chi connectivity index (χ2n) is 7.13. The van der Waals surface area contributed by atoms with Crippen LogP contribution in [0.25, 0.3) is 4.96 Å². The van der Waals surface area contributed by atoms with Crippen LogP contribution in [0, 0.1) is 6.92 Å². The van der Waals surface area contributed by atoms with Gasteiger partial charge in [0.2, 0.25) is 0 Å². The van der Waals surface area contributed by atoms with Crippen LogP contribution in [0.4, 0.5) is 5.69 Å². The Labute approximate surface area is 168 Å². The van der Waals surface area contributed by atoms with Gasteiger partial charge in [0, 0.05) is 49.2 Å². The molecule has 3 heterocycles. The molecule has 1 N–H and O–H groups in total. The highest BCUT2D eigenvalue weighted by molar-refractivity contribution is 7.17. The summed E-state index contributed by atoms with van der Waals surface area (Å²) in [5.41, 5.74) is 3.64. The number of anilines is 1. The molecule has 1 fully saturated rings. The van der Waals surface area contributed by atoms with E-state index in [1.807, 2.05) is 36.6 Å². The molecule has 0 radical (unpaired) electrons. The van der Waals surface area contributed by atoms with Gasteiger partial charge in [-0.05, 0) is 31.0 Å². The molecule has 0 bridgehead atoms. The second-order valence-corrected chi connectivity index (χ2v) is 8.34. The van der Waals surface area contributed by atoms with Gasteiger partial charge in [0.1, 0.15) is 11.5 Å². The predicted molar refractivity (Wildman–Crippen MR) is 111 cm³/mol. The molecule has 1 aliphatic rings. The molecule has 0 unspecified atom stereocenters. The normalized spacial score (nSPS) is 14.6. The van der Waals surface area contributed by atoms with Crippen LogP contribution >= 0.6 is 11.3 Å². The molecule has 3 aromatic rings. The van der Waals surface area contributed by atoms with Crippen molar-refractivity contribution in [2.75, 3.05) is 18.0 Å². The van der Waals surface area contributed by atoms with Gasteiger partial charge in [-0.2, -0.15) is 0 Å². The number of carbonyl (C=O) groups excluding carboxylic acids is 2. The Bertz CT molecular complexity index is 1010. The van der Waals surface area contributed by atoms with Crippen LogP contribution in [0.3, 0.4) is 0 Å². The van der Waals surface area contributed by atoms with Gasteiger partial charge in [-0.3, -0.25) is 14.0 Å². The summed E-state index contributed by atoms with van der Waals surface area (Å²) >= 11 is 1.60. The van der Waals surface area contributed by atoms with Crippen molar-refractivity contribution in [1.29, 1.82) is 0 Å². The van der Waals surface area contributed by atoms with Crippen LogP contribution in [-0.4, -0.2) is 34.2 Å². The smallest absolute Gasteiger partial charge is 0.270 e. The minimum absolute atomic E-state index is 0.0965. The van der Waals surface area contributed by atoms with E-state index in [0.29, 0.717) is 30.9 Å². The molecule has 7 heteroatoms. The molecule has 1 aliphatic heterocycles. The van der Waals surface area contributed by atoms with Crippen LogP contribution in [0.5, 0.6) is 0 Å². The zero-order chi connectivity index (χ0) is 19.7. The number of nitrogens with zero attached hydrogens (tertiary/aromatic N) is 3. The average molecular weight is 397 g/mol. The summed E-state index contributed by atoms with van der Waals surface area (Å²) in [4.78, 5) is 33.0. The van der Waals surface area contributed by atoms with E-state index in [4.69, 9.17) is 0 Å². The first-order valence-corrected chi connectivity index (χ1v) is 10.5. The highest BCUT2D eigenvalue weighted by atomic mass is 32.1. The number of nitrogens with one attached hydrogen (secondary N) is 1. The van der Waals surface area contributed by atoms with Crippen LogP contribution in [-0.2, 0) is 17.8 Å². The molecule has 0 atom stereocenters. The molecule has 6 nitrogen and oxygen atoms in total. The third kappa shape index (κ3) is 3.67. The molecule has 0 saturated carbocycles. The third-order valence-electron chi connectivity index (χ3n) is 5.14. The lowest BCUT2D eigenvalue weighted by Gasteiger charge is -2.28. The van der Waals surface area contributed by atoms with Gasteiger partial charge >= 0.3 is 0 Å². The van der Waals surface area contributed by atoms with Crippen molar-refractivity contribution < 1.29 is 9.59 Å². The highest BCUT2D eigenvalue weighted by Gasteiger charge is 2.20. The Morgan fingerprint density at radius 3 is 2.61 bits per heavy atom. The molecule has 28 heavy (non-hydrogen) atoms.